The van der Waals surface area contributed by atoms with Crippen molar-refractivity contribution in [3.05, 3.63) is 35.4 Å². The Kier molecular flexibility index (Phi) is 4.72. The first-order valence-electron chi connectivity index (χ1n) is 7.76. The van der Waals surface area contributed by atoms with Gasteiger partial charge in [0.25, 0.3) is 0 Å². The second kappa shape index (κ2) is 6.18. The fraction of sp³-hybridized carbons (Fsp3) is 0.611. The summed E-state index contributed by atoms with van der Waals surface area (Å²) in [6.07, 6.45) is 4.66. The van der Waals surface area contributed by atoms with Gasteiger partial charge in [0.15, 0.2) is 0 Å². The van der Waals surface area contributed by atoms with Crippen molar-refractivity contribution in [1.29, 1.82) is 0 Å². The van der Waals surface area contributed by atoms with Gasteiger partial charge in [0, 0.05) is 12.5 Å². The van der Waals surface area contributed by atoms with Crippen LogP contribution in [0.15, 0.2) is 24.3 Å². The third kappa shape index (κ3) is 3.13. The van der Waals surface area contributed by atoms with Crippen LogP contribution >= 0.6 is 0 Å². The van der Waals surface area contributed by atoms with Gasteiger partial charge in [0.1, 0.15) is 0 Å². The molecule has 0 radical (unpaired) electrons. The number of carboxylic acid groups (broad SMARTS) is 1. The van der Waals surface area contributed by atoms with Crippen LogP contribution in [0.3, 0.4) is 0 Å². The Balaban J connectivity index is 2.30. The second-order valence-corrected chi connectivity index (χ2v) is 6.84. The number of carboxylic acids is 1. The first-order valence-corrected chi connectivity index (χ1v) is 7.76. The normalized spacial score (nSPS) is 18.4. The van der Waals surface area contributed by atoms with Gasteiger partial charge in [-0.2, -0.15) is 0 Å². The van der Waals surface area contributed by atoms with Crippen LogP contribution in [0, 0.1) is 0 Å². The number of ether oxygens (including phenoxy) is 1. The van der Waals surface area contributed by atoms with Gasteiger partial charge in [0.05, 0.1) is 12.0 Å². The number of carbonyl (C=O) groups is 1. The van der Waals surface area contributed by atoms with E-state index in [4.69, 9.17) is 4.74 Å². The highest BCUT2D eigenvalue weighted by atomic mass is 16.5. The molecule has 0 aliphatic heterocycles. The smallest absolute Gasteiger partial charge is 0.314 e. The third-order valence-corrected chi connectivity index (χ3v) is 4.84. The summed E-state index contributed by atoms with van der Waals surface area (Å²) in [4.78, 5) is 11.8. The first-order chi connectivity index (χ1) is 9.92. The van der Waals surface area contributed by atoms with Gasteiger partial charge in [-0.1, -0.05) is 57.4 Å². The van der Waals surface area contributed by atoms with E-state index in [1.54, 1.807) is 7.11 Å². The zero-order valence-electron chi connectivity index (χ0n) is 13.3. The van der Waals surface area contributed by atoms with Crippen LogP contribution in [0.4, 0.5) is 0 Å². The Bertz CT molecular complexity index is 482. The molecule has 1 aliphatic carbocycles. The summed E-state index contributed by atoms with van der Waals surface area (Å²) in [5.74, 6) is -0.675. The lowest BCUT2D eigenvalue weighted by atomic mass is 9.69. The van der Waals surface area contributed by atoms with Gasteiger partial charge in [-0.3, -0.25) is 4.79 Å². The Morgan fingerprint density at radius 2 is 1.76 bits per heavy atom. The molecule has 0 heterocycles. The minimum Gasteiger partial charge on any atom is -0.481 e. The molecule has 116 valence electrons. The zero-order valence-corrected chi connectivity index (χ0v) is 13.3. The molecule has 0 amide bonds. The number of aliphatic carboxylic acids is 1. The van der Waals surface area contributed by atoms with Gasteiger partial charge in [-0.15, -0.1) is 0 Å². The van der Waals surface area contributed by atoms with Crippen molar-refractivity contribution in [3.63, 3.8) is 0 Å². The number of methoxy groups -OCH3 is 1. The van der Waals surface area contributed by atoms with Gasteiger partial charge in [-0.25, -0.2) is 0 Å². The van der Waals surface area contributed by atoms with Crippen LogP contribution in [-0.4, -0.2) is 24.8 Å². The van der Waals surface area contributed by atoms with E-state index in [1.165, 1.54) is 5.56 Å². The van der Waals surface area contributed by atoms with Gasteiger partial charge in [0.2, 0.25) is 0 Å². The van der Waals surface area contributed by atoms with Gasteiger partial charge < -0.3 is 9.84 Å². The third-order valence-electron chi connectivity index (χ3n) is 4.84. The summed E-state index contributed by atoms with van der Waals surface area (Å²) in [7, 11) is 1.71. The lowest BCUT2D eigenvalue weighted by Gasteiger charge is -2.34. The molecule has 0 spiro atoms. The topological polar surface area (TPSA) is 46.5 Å². The van der Waals surface area contributed by atoms with Crippen molar-refractivity contribution in [2.24, 2.45) is 0 Å². The Labute approximate surface area is 127 Å². The predicted octanol–water partition coefficient (Wildman–Crippen LogP) is 3.90. The Hall–Kier alpha value is -1.35. The molecular weight excluding hydrogens is 264 g/mol. The molecule has 0 aromatic heterocycles. The fourth-order valence-electron chi connectivity index (χ4n) is 3.47. The Morgan fingerprint density at radius 1 is 1.19 bits per heavy atom. The number of rotatable bonds is 5. The lowest BCUT2D eigenvalue weighted by Crippen LogP contribution is -2.37. The predicted molar refractivity (Wildman–Crippen MR) is 83.7 cm³/mol. The van der Waals surface area contributed by atoms with Crippen molar-refractivity contribution in [1.82, 2.24) is 0 Å². The van der Waals surface area contributed by atoms with Crippen LogP contribution in [-0.2, 0) is 20.4 Å². The molecular formula is C18H26O3. The van der Waals surface area contributed by atoms with E-state index in [-0.39, 0.29) is 5.41 Å². The van der Waals surface area contributed by atoms with Crippen LogP contribution in [0.5, 0.6) is 0 Å². The van der Waals surface area contributed by atoms with E-state index < -0.39 is 11.4 Å². The number of hydrogen-bond donors (Lipinski definition) is 1. The maximum absolute atomic E-state index is 11.8. The summed E-state index contributed by atoms with van der Waals surface area (Å²) in [5, 5.41) is 9.74. The monoisotopic (exact) mass is 290 g/mol. The maximum atomic E-state index is 11.8. The minimum atomic E-state index is -0.678. The summed E-state index contributed by atoms with van der Waals surface area (Å²) in [6, 6.07) is 8.14. The lowest BCUT2D eigenvalue weighted by molar-refractivity contribution is -0.145. The average molecular weight is 290 g/mol. The quantitative estimate of drug-likeness (QED) is 0.894. The van der Waals surface area contributed by atoms with Gasteiger partial charge in [-0.05, 0) is 24.0 Å². The molecule has 1 N–H and O–H groups in total. The van der Waals surface area contributed by atoms with E-state index in [1.807, 2.05) is 12.1 Å². The van der Waals surface area contributed by atoms with Gasteiger partial charge >= 0.3 is 5.97 Å². The van der Waals surface area contributed by atoms with Crippen molar-refractivity contribution < 1.29 is 14.6 Å². The van der Waals surface area contributed by atoms with E-state index in [0.717, 1.165) is 37.7 Å². The summed E-state index contributed by atoms with van der Waals surface area (Å²) in [6.45, 7) is 4.93. The highest BCUT2D eigenvalue weighted by Crippen LogP contribution is 2.40. The van der Waals surface area contributed by atoms with Crippen LogP contribution in [0.1, 0.15) is 57.1 Å². The molecule has 1 aromatic carbocycles. The first kappa shape index (κ1) is 16.0. The highest BCUT2D eigenvalue weighted by Gasteiger charge is 2.41. The molecule has 21 heavy (non-hydrogen) atoms. The molecule has 1 aliphatic rings. The summed E-state index contributed by atoms with van der Waals surface area (Å²) in [5.41, 5.74) is 1.40. The zero-order chi connectivity index (χ0) is 15.5. The molecule has 2 rings (SSSR count). The molecule has 0 unspecified atom stereocenters. The van der Waals surface area contributed by atoms with Crippen molar-refractivity contribution in [3.8, 4) is 0 Å². The standard InChI is InChI=1S/C18H26O3/c1-17(2,13-21-3)14-7-9-15(10-8-14)18(16(19)20)11-5-4-6-12-18/h7-10H,4-6,11-13H2,1-3H3,(H,19,20). The molecule has 1 aromatic rings. The molecule has 3 nitrogen and oxygen atoms in total. The molecule has 3 heteroatoms. The SMILES string of the molecule is COCC(C)(C)c1ccc(C2(C(=O)O)CCCCC2)cc1. The summed E-state index contributed by atoms with van der Waals surface area (Å²) >= 11 is 0. The van der Waals surface area contributed by atoms with E-state index >= 15 is 0 Å². The summed E-state index contributed by atoms with van der Waals surface area (Å²) < 4.78 is 5.27. The molecule has 0 saturated heterocycles. The molecule has 0 atom stereocenters. The largest absolute Gasteiger partial charge is 0.481 e. The fourth-order valence-corrected chi connectivity index (χ4v) is 3.47. The van der Waals surface area contributed by atoms with Crippen LogP contribution in [0.25, 0.3) is 0 Å². The van der Waals surface area contributed by atoms with E-state index in [9.17, 15) is 9.90 Å². The minimum absolute atomic E-state index is 0.0593. The molecule has 0 bridgehead atoms. The Morgan fingerprint density at radius 3 is 2.24 bits per heavy atom. The maximum Gasteiger partial charge on any atom is 0.314 e. The van der Waals surface area contributed by atoms with Crippen molar-refractivity contribution >= 4 is 5.97 Å². The number of hydrogen-bond acceptors (Lipinski definition) is 2. The average Bonchev–Trinajstić information content (AvgIpc) is 2.48. The van der Waals surface area contributed by atoms with E-state index in [2.05, 4.69) is 26.0 Å². The van der Waals surface area contributed by atoms with Crippen LogP contribution < -0.4 is 0 Å². The number of benzene rings is 1. The van der Waals surface area contributed by atoms with Crippen LogP contribution in [0.2, 0.25) is 0 Å². The second-order valence-electron chi connectivity index (χ2n) is 6.84. The molecule has 1 fully saturated rings. The molecule has 1 saturated carbocycles. The van der Waals surface area contributed by atoms with Crippen molar-refractivity contribution in [2.75, 3.05) is 13.7 Å². The highest BCUT2D eigenvalue weighted by molar-refractivity contribution is 5.81. The van der Waals surface area contributed by atoms with Crippen molar-refractivity contribution in [2.45, 2.75) is 56.8 Å². The van der Waals surface area contributed by atoms with E-state index in [0.29, 0.717) is 6.61 Å².